The van der Waals surface area contributed by atoms with Gasteiger partial charge in [-0.05, 0) is 37.3 Å². The summed E-state index contributed by atoms with van der Waals surface area (Å²) in [5.41, 5.74) is 2.39. The molecule has 3 rings (SSSR count). The Bertz CT molecular complexity index is 958. The van der Waals surface area contributed by atoms with Crippen LogP contribution in [-0.2, 0) is 11.2 Å². The molecule has 0 saturated heterocycles. The number of aryl methyl sites for hydroxylation is 1. The van der Waals surface area contributed by atoms with Crippen LogP contribution in [0.3, 0.4) is 0 Å². The highest BCUT2D eigenvalue weighted by Crippen LogP contribution is 2.18. The number of nitrogens with zero attached hydrogens (tertiary/aromatic N) is 2. The molecular formula is C18H16ClN5O2S. The van der Waals surface area contributed by atoms with Crippen LogP contribution in [0.2, 0.25) is 5.02 Å². The fourth-order valence-corrected chi connectivity index (χ4v) is 3.10. The summed E-state index contributed by atoms with van der Waals surface area (Å²) in [5.74, 6) is -0.204. The fraction of sp³-hybridized carbons (Fsp3) is 0.111. The molecule has 0 spiro atoms. The van der Waals surface area contributed by atoms with Crippen molar-refractivity contribution >= 4 is 51.4 Å². The third-order valence-corrected chi connectivity index (χ3v) is 4.49. The van der Waals surface area contributed by atoms with E-state index in [2.05, 4.69) is 26.1 Å². The first-order chi connectivity index (χ1) is 13.0. The average molecular weight is 402 g/mol. The standard InChI is InChI=1S/C18H16ClN5O2S/c1-11-5-7-13(8-6-11)20-15(25)10-16-23-24-18(27-16)22-17(26)21-14-4-2-3-12(19)9-14/h2-9H,10H2,1H3,(H,20,25)(H2,21,22,24,26). The molecule has 0 aliphatic rings. The molecule has 138 valence electrons. The number of nitrogens with one attached hydrogen (secondary N) is 3. The van der Waals surface area contributed by atoms with Crippen molar-refractivity contribution in [1.29, 1.82) is 0 Å². The van der Waals surface area contributed by atoms with E-state index in [-0.39, 0.29) is 12.3 Å². The maximum Gasteiger partial charge on any atom is 0.325 e. The Labute approximate surface area is 164 Å². The lowest BCUT2D eigenvalue weighted by Gasteiger charge is -2.05. The quantitative estimate of drug-likeness (QED) is 0.593. The van der Waals surface area contributed by atoms with E-state index >= 15 is 0 Å². The van der Waals surface area contributed by atoms with Gasteiger partial charge in [-0.3, -0.25) is 10.1 Å². The van der Waals surface area contributed by atoms with E-state index in [1.807, 2.05) is 31.2 Å². The van der Waals surface area contributed by atoms with Crippen molar-refractivity contribution in [2.75, 3.05) is 16.0 Å². The van der Waals surface area contributed by atoms with E-state index in [9.17, 15) is 9.59 Å². The van der Waals surface area contributed by atoms with Crippen LogP contribution in [0.4, 0.5) is 21.3 Å². The average Bonchev–Trinajstić information content (AvgIpc) is 3.03. The van der Waals surface area contributed by atoms with Gasteiger partial charge in [0, 0.05) is 16.4 Å². The lowest BCUT2D eigenvalue weighted by atomic mass is 10.2. The minimum Gasteiger partial charge on any atom is -0.326 e. The molecule has 0 unspecified atom stereocenters. The van der Waals surface area contributed by atoms with Gasteiger partial charge in [0.1, 0.15) is 5.01 Å². The van der Waals surface area contributed by atoms with Crippen molar-refractivity contribution in [3.63, 3.8) is 0 Å². The largest absolute Gasteiger partial charge is 0.326 e. The minimum absolute atomic E-state index is 0.0726. The van der Waals surface area contributed by atoms with Gasteiger partial charge in [0.15, 0.2) is 0 Å². The second-order valence-corrected chi connectivity index (χ2v) is 7.18. The molecule has 0 saturated carbocycles. The predicted molar refractivity (Wildman–Crippen MR) is 108 cm³/mol. The monoisotopic (exact) mass is 401 g/mol. The lowest BCUT2D eigenvalue weighted by Crippen LogP contribution is -2.19. The highest BCUT2D eigenvalue weighted by atomic mass is 35.5. The minimum atomic E-state index is -0.468. The molecule has 27 heavy (non-hydrogen) atoms. The van der Waals surface area contributed by atoms with Crippen molar-refractivity contribution in [3.8, 4) is 0 Å². The van der Waals surface area contributed by atoms with Crippen molar-refractivity contribution in [3.05, 3.63) is 64.1 Å². The third-order valence-electron chi connectivity index (χ3n) is 3.42. The predicted octanol–water partition coefficient (Wildman–Crippen LogP) is 4.33. The van der Waals surface area contributed by atoms with E-state index in [0.29, 0.717) is 20.8 Å². The second kappa shape index (κ2) is 8.61. The Balaban J connectivity index is 1.52. The number of urea groups is 1. The highest BCUT2D eigenvalue weighted by molar-refractivity contribution is 7.15. The van der Waals surface area contributed by atoms with Crippen LogP contribution in [0.5, 0.6) is 0 Å². The molecule has 1 heterocycles. The summed E-state index contributed by atoms with van der Waals surface area (Å²) in [6, 6.07) is 13.8. The molecule has 0 aliphatic heterocycles. The molecule has 0 fully saturated rings. The molecule has 7 nitrogen and oxygen atoms in total. The van der Waals surface area contributed by atoms with Crippen LogP contribution in [0.1, 0.15) is 10.6 Å². The van der Waals surface area contributed by atoms with E-state index < -0.39 is 6.03 Å². The summed E-state index contributed by atoms with van der Waals surface area (Å²) in [5, 5.41) is 17.1. The van der Waals surface area contributed by atoms with E-state index in [1.54, 1.807) is 24.3 Å². The molecule has 3 aromatic rings. The van der Waals surface area contributed by atoms with Crippen LogP contribution in [0.25, 0.3) is 0 Å². The summed E-state index contributed by atoms with van der Waals surface area (Å²) < 4.78 is 0. The molecule has 0 bridgehead atoms. The van der Waals surface area contributed by atoms with Crippen molar-refractivity contribution in [1.82, 2.24) is 10.2 Å². The zero-order valence-corrected chi connectivity index (χ0v) is 15.9. The number of benzene rings is 2. The number of rotatable bonds is 5. The van der Waals surface area contributed by atoms with E-state index in [1.165, 1.54) is 0 Å². The zero-order valence-electron chi connectivity index (χ0n) is 14.3. The number of hydrogen-bond donors (Lipinski definition) is 3. The van der Waals surface area contributed by atoms with Gasteiger partial charge in [0.05, 0.1) is 6.42 Å². The summed E-state index contributed by atoms with van der Waals surface area (Å²) >= 11 is 7.01. The first-order valence-electron chi connectivity index (χ1n) is 8.00. The topological polar surface area (TPSA) is 96.0 Å². The van der Waals surface area contributed by atoms with Crippen LogP contribution in [0, 0.1) is 6.92 Å². The molecule has 9 heteroatoms. The second-order valence-electron chi connectivity index (χ2n) is 5.68. The Hall–Kier alpha value is -2.97. The number of anilines is 3. The smallest absolute Gasteiger partial charge is 0.325 e. The maximum absolute atomic E-state index is 12.1. The number of carbonyl (C=O) groups excluding carboxylic acids is 2. The van der Waals surface area contributed by atoms with Crippen LogP contribution < -0.4 is 16.0 Å². The number of halogens is 1. The number of carbonyl (C=O) groups is 2. The molecule has 2 aromatic carbocycles. The number of hydrogen-bond acceptors (Lipinski definition) is 5. The molecule has 3 N–H and O–H groups in total. The van der Waals surface area contributed by atoms with Gasteiger partial charge in [-0.15, -0.1) is 10.2 Å². The number of amides is 3. The molecule has 0 aliphatic carbocycles. The Kier molecular flexibility index (Phi) is 6.00. The Morgan fingerprint density at radius 1 is 1.00 bits per heavy atom. The normalized spacial score (nSPS) is 10.3. The van der Waals surface area contributed by atoms with Crippen molar-refractivity contribution in [2.45, 2.75) is 13.3 Å². The molecule has 0 radical (unpaired) electrons. The summed E-state index contributed by atoms with van der Waals surface area (Å²) in [4.78, 5) is 24.1. The van der Waals surface area contributed by atoms with Gasteiger partial charge in [0.2, 0.25) is 11.0 Å². The van der Waals surface area contributed by atoms with E-state index in [0.717, 1.165) is 22.6 Å². The van der Waals surface area contributed by atoms with Gasteiger partial charge < -0.3 is 10.6 Å². The lowest BCUT2D eigenvalue weighted by molar-refractivity contribution is -0.115. The SMILES string of the molecule is Cc1ccc(NC(=O)Cc2nnc(NC(=O)Nc3cccc(Cl)c3)s2)cc1. The third kappa shape index (κ3) is 5.77. The fourth-order valence-electron chi connectivity index (χ4n) is 2.18. The summed E-state index contributed by atoms with van der Waals surface area (Å²) in [7, 11) is 0. The van der Waals surface area contributed by atoms with Crippen LogP contribution in [-0.4, -0.2) is 22.1 Å². The summed E-state index contributed by atoms with van der Waals surface area (Å²) in [6.45, 7) is 1.98. The van der Waals surface area contributed by atoms with Gasteiger partial charge in [0.25, 0.3) is 0 Å². The molecule has 3 amide bonds. The maximum atomic E-state index is 12.1. The van der Waals surface area contributed by atoms with Gasteiger partial charge in [-0.2, -0.15) is 0 Å². The van der Waals surface area contributed by atoms with Crippen molar-refractivity contribution < 1.29 is 9.59 Å². The van der Waals surface area contributed by atoms with Crippen molar-refractivity contribution in [2.24, 2.45) is 0 Å². The first kappa shape index (κ1) is 18.8. The van der Waals surface area contributed by atoms with Gasteiger partial charge >= 0.3 is 6.03 Å². The molecule has 1 aromatic heterocycles. The number of aromatic nitrogens is 2. The van der Waals surface area contributed by atoms with Gasteiger partial charge in [-0.25, -0.2) is 4.79 Å². The zero-order chi connectivity index (χ0) is 19.2. The van der Waals surface area contributed by atoms with E-state index in [4.69, 9.17) is 11.6 Å². The Morgan fingerprint density at radius 2 is 1.78 bits per heavy atom. The first-order valence-corrected chi connectivity index (χ1v) is 9.20. The molecule has 0 atom stereocenters. The highest BCUT2D eigenvalue weighted by Gasteiger charge is 2.12. The van der Waals surface area contributed by atoms with Crippen LogP contribution in [0.15, 0.2) is 48.5 Å². The molecular weight excluding hydrogens is 386 g/mol. The van der Waals surface area contributed by atoms with Gasteiger partial charge in [-0.1, -0.05) is 46.7 Å². The Morgan fingerprint density at radius 3 is 2.52 bits per heavy atom. The van der Waals surface area contributed by atoms with Crippen LogP contribution >= 0.6 is 22.9 Å². The summed E-state index contributed by atoms with van der Waals surface area (Å²) in [6.07, 6.45) is 0.0726.